The molecule has 0 amide bonds. The Labute approximate surface area is 133 Å². The monoisotopic (exact) mass is 294 g/mol. The maximum atomic E-state index is 2.47. The van der Waals surface area contributed by atoms with E-state index in [0.717, 1.165) is 35.8 Å². The van der Waals surface area contributed by atoms with Crippen LogP contribution in [0.3, 0.4) is 0 Å². The van der Waals surface area contributed by atoms with Crippen LogP contribution in [0.4, 0.5) is 0 Å². The molecule has 124 valence electrons. The maximum Gasteiger partial charge on any atom is 0.0115 e. The van der Waals surface area contributed by atoms with E-state index in [1.54, 1.807) is 0 Å². The molecule has 0 aromatic rings. The summed E-state index contributed by atoms with van der Waals surface area (Å²) in [6, 6.07) is 1.65. The van der Waals surface area contributed by atoms with E-state index in [4.69, 9.17) is 0 Å². The van der Waals surface area contributed by atoms with Crippen molar-refractivity contribution in [2.24, 2.45) is 23.7 Å². The molecule has 0 aromatic carbocycles. The lowest BCUT2D eigenvalue weighted by atomic mass is 9.70. The Kier molecular flexibility index (Phi) is 6.14. The molecule has 2 aliphatic rings. The number of rotatable bonds is 4. The molecular weight excluding hydrogens is 256 g/mol. The van der Waals surface area contributed by atoms with Gasteiger partial charge in [-0.3, -0.25) is 0 Å². The highest BCUT2D eigenvalue weighted by molar-refractivity contribution is 4.87. The van der Waals surface area contributed by atoms with Crippen molar-refractivity contribution in [2.75, 3.05) is 28.2 Å². The van der Waals surface area contributed by atoms with Crippen LogP contribution in [0.1, 0.15) is 58.8 Å². The van der Waals surface area contributed by atoms with Crippen LogP contribution >= 0.6 is 0 Å². The zero-order valence-corrected chi connectivity index (χ0v) is 15.3. The van der Waals surface area contributed by atoms with E-state index in [2.05, 4.69) is 51.8 Å². The van der Waals surface area contributed by atoms with Crippen LogP contribution < -0.4 is 0 Å². The van der Waals surface area contributed by atoms with Gasteiger partial charge in [-0.1, -0.05) is 13.8 Å². The van der Waals surface area contributed by atoms with Crippen LogP contribution in [0.2, 0.25) is 0 Å². The third-order valence-electron chi connectivity index (χ3n) is 6.46. The summed E-state index contributed by atoms with van der Waals surface area (Å²) in [5.74, 6) is 3.78. The Morgan fingerprint density at radius 3 is 1.33 bits per heavy atom. The number of hydrogen-bond acceptors (Lipinski definition) is 2. The van der Waals surface area contributed by atoms with Gasteiger partial charge in [0.15, 0.2) is 0 Å². The summed E-state index contributed by atoms with van der Waals surface area (Å²) < 4.78 is 0. The van der Waals surface area contributed by atoms with E-state index in [1.165, 1.54) is 44.9 Å². The Bertz CT molecular complexity index is 283. The second-order valence-electron chi connectivity index (χ2n) is 8.61. The summed E-state index contributed by atoms with van der Waals surface area (Å²) in [5.41, 5.74) is 0. The standard InChI is InChI=1S/C19H38N2/c1-14-11-16(7-9-18(14)20(3)4)13-17-8-10-19(21(5)6)15(2)12-17/h14-19H,7-13H2,1-6H3. The minimum absolute atomic E-state index is 0.824. The van der Waals surface area contributed by atoms with Crippen LogP contribution in [0, 0.1) is 23.7 Å². The van der Waals surface area contributed by atoms with Crippen LogP contribution in [0.25, 0.3) is 0 Å². The molecule has 6 atom stereocenters. The van der Waals surface area contributed by atoms with Gasteiger partial charge in [0.25, 0.3) is 0 Å². The number of nitrogens with zero attached hydrogens (tertiary/aromatic N) is 2. The van der Waals surface area contributed by atoms with Crippen molar-refractivity contribution in [3.05, 3.63) is 0 Å². The molecule has 0 aliphatic heterocycles. The van der Waals surface area contributed by atoms with E-state index in [1.807, 2.05) is 0 Å². The molecule has 0 aromatic heterocycles. The van der Waals surface area contributed by atoms with Gasteiger partial charge in [-0.05, 0) is 96.8 Å². The van der Waals surface area contributed by atoms with Crippen LogP contribution in [-0.4, -0.2) is 50.1 Å². The van der Waals surface area contributed by atoms with Crippen molar-refractivity contribution in [1.29, 1.82) is 0 Å². The van der Waals surface area contributed by atoms with E-state index in [-0.39, 0.29) is 0 Å². The molecule has 2 heteroatoms. The van der Waals surface area contributed by atoms with Gasteiger partial charge in [0, 0.05) is 12.1 Å². The fraction of sp³-hybridized carbons (Fsp3) is 1.00. The third kappa shape index (κ3) is 4.45. The molecular formula is C19H38N2. The predicted octanol–water partition coefficient (Wildman–Crippen LogP) is 4.11. The minimum atomic E-state index is 0.824. The molecule has 0 N–H and O–H groups in total. The molecule has 6 unspecified atom stereocenters. The average Bonchev–Trinajstić information content (AvgIpc) is 2.37. The Hall–Kier alpha value is -0.0800. The topological polar surface area (TPSA) is 6.48 Å². The second-order valence-corrected chi connectivity index (χ2v) is 8.61. The lowest BCUT2D eigenvalue weighted by molar-refractivity contribution is 0.0917. The highest BCUT2D eigenvalue weighted by Gasteiger charge is 2.33. The van der Waals surface area contributed by atoms with Crippen LogP contribution in [0.5, 0.6) is 0 Å². The van der Waals surface area contributed by atoms with E-state index in [0.29, 0.717) is 0 Å². The van der Waals surface area contributed by atoms with Gasteiger partial charge < -0.3 is 9.80 Å². The van der Waals surface area contributed by atoms with E-state index < -0.39 is 0 Å². The average molecular weight is 295 g/mol. The molecule has 0 spiro atoms. The maximum absolute atomic E-state index is 2.47. The first-order chi connectivity index (χ1) is 9.88. The van der Waals surface area contributed by atoms with E-state index in [9.17, 15) is 0 Å². The van der Waals surface area contributed by atoms with Crippen molar-refractivity contribution in [3.63, 3.8) is 0 Å². The Balaban J connectivity index is 1.79. The zero-order chi connectivity index (χ0) is 15.6. The fourth-order valence-corrected chi connectivity index (χ4v) is 5.42. The van der Waals surface area contributed by atoms with E-state index >= 15 is 0 Å². The molecule has 0 saturated heterocycles. The van der Waals surface area contributed by atoms with Crippen molar-refractivity contribution in [2.45, 2.75) is 70.9 Å². The van der Waals surface area contributed by atoms with Crippen LogP contribution in [-0.2, 0) is 0 Å². The summed E-state index contributed by atoms with van der Waals surface area (Å²) in [6.07, 6.45) is 10.2. The van der Waals surface area contributed by atoms with Crippen molar-refractivity contribution >= 4 is 0 Å². The van der Waals surface area contributed by atoms with Gasteiger partial charge in [0.05, 0.1) is 0 Å². The summed E-state index contributed by atoms with van der Waals surface area (Å²) in [7, 11) is 9.02. The fourth-order valence-electron chi connectivity index (χ4n) is 5.42. The highest BCUT2D eigenvalue weighted by Crippen LogP contribution is 2.40. The largest absolute Gasteiger partial charge is 0.306 e. The van der Waals surface area contributed by atoms with Crippen molar-refractivity contribution in [1.82, 2.24) is 9.80 Å². The van der Waals surface area contributed by atoms with Gasteiger partial charge in [-0.15, -0.1) is 0 Å². The Morgan fingerprint density at radius 1 is 0.667 bits per heavy atom. The van der Waals surface area contributed by atoms with Gasteiger partial charge >= 0.3 is 0 Å². The first kappa shape index (κ1) is 17.3. The molecule has 2 nitrogen and oxygen atoms in total. The summed E-state index contributed by atoms with van der Waals surface area (Å²) >= 11 is 0. The zero-order valence-electron chi connectivity index (χ0n) is 15.3. The third-order valence-corrected chi connectivity index (χ3v) is 6.46. The molecule has 0 bridgehead atoms. The van der Waals surface area contributed by atoms with Crippen molar-refractivity contribution in [3.8, 4) is 0 Å². The lowest BCUT2D eigenvalue weighted by Gasteiger charge is -2.42. The lowest BCUT2D eigenvalue weighted by Crippen LogP contribution is -2.40. The summed E-state index contributed by atoms with van der Waals surface area (Å²) in [4.78, 5) is 4.90. The quantitative estimate of drug-likeness (QED) is 0.770. The molecule has 0 radical (unpaired) electrons. The summed E-state index contributed by atoms with van der Waals surface area (Å²) in [6.45, 7) is 4.95. The van der Waals surface area contributed by atoms with Gasteiger partial charge in [0.2, 0.25) is 0 Å². The van der Waals surface area contributed by atoms with Crippen LogP contribution in [0.15, 0.2) is 0 Å². The highest BCUT2D eigenvalue weighted by atomic mass is 15.1. The normalized spacial score (nSPS) is 41.7. The first-order valence-corrected chi connectivity index (χ1v) is 9.21. The predicted molar refractivity (Wildman–Crippen MR) is 92.6 cm³/mol. The second kappa shape index (κ2) is 7.46. The molecule has 21 heavy (non-hydrogen) atoms. The van der Waals surface area contributed by atoms with Gasteiger partial charge in [-0.2, -0.15) is 0 Å². The molecule has 2 saturated carbocycles. The number of hydrogen-bond donors (Lipinski definition) is 0. The smallest absolute Gasteiger partial charge is 0.0115 e. The Morgan fingerprint density at radius 2 is 1.05 bits per heavy atom. The first-order valence-electron chi connectivity index (χ1n) is 9.21. The molecule has 0 heterocycles. The molecule has 2 aliphatic carbocycles. The van der Waals surface area contributed by atoms with Gasteiger partial charge in [-0.25, -0.2) is 0 Å². The summed E-state index contributed by atoms with van der Waals surface area (Å²) in [5, 5.41) is 0. The molecule has 2 rings (SSSR count). The molecule has 2 fully saturated rings. The SMILES string of the molecule is CC1CC(CC2CCC(N(C)C)C(C)C2)CCC1N(C)C. The van der Waals surface area contributed by atoms with Crippen molar-refractivity contribution < 1.29 is 0 Å². The van der Waals surface area contributed by atoms with Gasteiger partial charge in [0.1, 0.15) is 0 Å². The minimum Gasteiger partial charge on any atom is -0.306 e.